The number of ether oxygens (including phenoxy) is 1. The molecule has 2 N–H and O–H groups in total. The van der Waals surface area contributed by atoms with E-state index in [9.17, 15) is 4.79 Å². The number of amides is 1. The molecule has 0 aliphatic heterocycles. The van der Waals surface area contributed by atoms with Crippen molar-refractivity contribution in [2.75, 3.05) is 31.3 Å². The normalized spacial score (nSPS) is 10.8. The molecule has 1 amide bonds. The maximum Gasteiger partial charge on any atom is 0.300 e. The van der Waals surface area contributed by atoms with Crippen molar-refractivity contribution in [2.45, 2.75) is 0 Å². The van der Waals surface area contributed by atoms with E-state index in [4.69, 9.17) is 4.74 Å². The third kappa shape index (κ3) is 5.38. The molecule has 0 aliphatic rings. The SMILES string of the molecule is CN(C)CC#CC(=O)Nc1ccc2ncnc(Nc3ccc(Oc4ccn5ncnc5c4)cc3)c2c1. The van der Waals surface area contributed by atoms with Crippen molar-refractivity contribution in [2.24, 2.45) is 0 Å². The van der Waals surface area contributed by atoms with Gasteiger partial charge in [-0.2, -0.15) is 5.10 Å². The van der Waals surface area contributed by atoms with Crippen molar-refractivity contribution >= 4 is 39.6 Å². The summed E-state index contributed by atoms with van der Waals surface area (Å²) in [6.07, 6.45) is 4.78. The number of anilines is 3. The van der Waals surface area contributed by atoms with Crippen LogP contribution in [0.1, 0.15) is 0 Å². The van der Waals surface area contributed by atoms with Gasteiger partial charge in [0.1, 0.15) is 30.0 Å². The Bertz CT molecular complexity index is 1600. The van der Waals surface area contributed by atoms with E-state index < -0.39 is 0 Å². The average molecular weight is 479 g/mol. The second-order valence-corrected chi connectivity index (χ2v) is 8.12. The highest BCUT2D eigenvalue weighted by Crippen LogP contribution is 2.28. The number of hydrogen-bond acceptors (Lipinski definition) is 8. The summed E-state index contributed by atoms with van der Waals surface area (Å²) in [4.78, 5) is 26.9. The van der Waals surface area contributed by atoms with Crippen molar-refractivity contribution in [3.05, 3.63) is 73.4 Å². The van der Waals surface area contributed by atoms with Crippen LogP contribution in [0.25, 0.3) is 16.6 Å². The smallest absolute Gasteiger partial charge is 0.300 e. The second-order valence-electron chi connectivity index (χ2n) is 8.12. The Hall–Kier alpha value is -5.01. The number of benzene rings is 2. The number of pyridine rings is 1. The van der Waals surface area contributed by atoms with Gasteiger partial charge in [0.25, 0.3) is 5.91 Å². The van der Waals surface area contributed by atoms with Crippen LogP contribution in [0, 0.1) is 11.8 Å². The van der Waals surface area contributed by atoms with Crippen molar-refractivity contribution in [1.29, 1.82) is 0 Å². The number of carbonyl (C=O) groups excluding carboxylic acids is 1. The van der Waals surface area contributed by atoms with Gasteiger partial charge in [-0.15, -0.1) is 0 Å². The lowest BCUT2D eigenvalue weighted by Crippen LogP contribution is -2.13. The zero-order valence-corrected chi connectivity index (χ0v) is 19.6. The summed E-state index contributed by atoms with van der Waals surface area (Å²) >= 11 is 0. The Labute approximate surface area is 207 Å². The van der Waals surface area contributed by atoms with Gasteiger partial charge in [0.15, 0.2) is 5.65 Å². The van der Waals surface area contributed by atoms with E-state index in [1.165, 1.54) is 12.7 Å². The highest BCUT2D eigenvalue weighted by Gasteiger charge is 2.08. The van der Waals surface area contributed by atoms with E-state index in [1.54, 1.807) is 16.8 Å². The zero-order valence-electron chi connectivity index (χ0n) is 19.6. The molecule has 3 aromatic heterocycles. The molecule has 2 aromatic carbocycles. The van der Waals surface area contributed by atoms with Gasteiger partial charge in [0, 0.05) is 29.0 Å². The van der Waals surface area contributed by atoms with E-state index in [0.717, 1.165) is 16.6 Å². The second kappa shape index (κ2) is 10.1. The number of rotatable bonds is 6. The molecule has 0 spiro atoms. The standard InChI is InChI=1S/C26H22N8O2/c1-33(2)12-3-4-25(35)31-19-7-10-23-22(14-19)26(29-16-27-23)32-18-5-8-20(9-6-18)36-21-11-13-34-24(15-21)28-17-30-34/h5-11,13-17H,12H2,1-2H3,(H,31,35)(H,27,29,32). The summed E-state index contributed by atoms with van der Waals surface area (Å²) in [5.41, 5.74) is 2.88. The lowest BCUT2D eigenvalue weighted by molar-refractivity contribution is -0.111. The van der Waals surface area contributed by atoms with Gasteiger partial charge in [-0.3, -0.25) is 9.69 Å². The maximum absolute atomic E-state index is 12.1. The van der Waals surface area contributed by atoms with Gasteiger partial charge in [-0.1, -0.05) is 5.92 Å². The van der Waals surface area contributed by atoms with Crippen molar-refractivity contribution in [3.63, 3.8) is 0 Å². The van der Waals surface area contributed by atoms with Gasteiger partial charge >= 0.3 is 0 Å². The molecular weight excluding hydrogens is 456 g/mol. The van der Waals surface area contributed by atoms with Crippen LogP contribution >= 0.6 is 0 Å². The third-order valence-electron chi connectivity index (χ3n) is 5.10. The first-order chi connectivity index (χ1) is 17.5. The summed E-state index contributed by atoms with van der Waals surface area (Å²) in [5, 5.41) is 11.0. The Morgan fingerprint density at radius 1 is 0.972 bits per heavy atom. The Morgan fingerprint density at radius 3 is 2.64 bits per heavy atom. The molecule has 0 saturated carbocycles. The summed E-state index contributed by atoms with van der Waals surface area (Å²) in [6, 6.07) is 16.6. The van der Waals surface area contributed by atoms with Crippen molar-refractivity contribution < 1.29 is 9.53 Å². The summed E-state index contributed by atoms with van der Waals surface area (Å²) in [6.45, 7) is 0.508. The summed E-state index contributed by atoms with van der Waals surface area (Å²) in [7, 11) is 3.79. The van der Waals surface area contributed by atoms with Crippen LogP contribution in [0.15, 0.2) is 73.4 Å². The fourth-order valence-corrected chi connectivity index (χ4v) is 3.41. The minimum absolute atomic E-state index is 0.374. The zero-order chi connectivity index (χ0) is 24.9. The average Bonchev–Trinajstić information content (AvgIpc) is 3.33. The molecule has 0 bridgehead atoms. The molecule has 10 heteroatoms. The number of fused-ring (bicyclic) bond motifs is 2. The fraction of sp³-hybridized carbons (Fsp3) is 0.115. The van der Waals surface area contributed by atoms with Crippen LogP contribution in [-0.2, 0) is 4.79 Å². The van der Waals surface area contributed by atoms with E-state index in [0.29, 0.717) is 35.2 Å². The van der Waals surface area contributed by atoms with Crippen molar-refractivity contribution in [1.82, 2.24) is 29.5 Å². The topological polar surface area (TPSA) is 110 Å². The predicted octanol–water partition coefficient (Wildman–Crippen LogP) is 3.71. The molecule has 5 rings (SSSR count). The highest BCUT2D eigenvalue weighted by atomic mass is 16.5. The largest absolute Gasteiger partial charge is 0.457 e. The minimum Gasteiger partial charge on any atom is -0.457 e. The molecule has 0 saturated heterocycles. The molecule has 0 atom stereocenters. The fourth-order valence-electron chi connectivity index (χ4n) is 3.41. The lowest BCUT2D eigenvalue weighted by Gasteiger charge is -2.11. The molecule has 3 heterocycles. The molecular formula is C26H22N8O2. The first-order valence-corrected chi connectivity index (χ1v) is 11.1. The summed E-state index contributed by atoms with van der Waals surface area (Å²) in [5.74, 6) is 6.99. The van der Waals surface area contributed by atoms with Crippen LogP contribution in [-0.4, -0.2) is 56.0 Å². The molecule has 0 aliphatic carbocycles. The number of aromatic nitrogens is 5. The van der Waals surface area contributed by atoms with Gasteiger partial charge in [-0.25, -0.2) is 19.5 Å². The Morgan fingerprint density at radius 2 is 1.81 bits per heavy atom. The number of nitrogens with zero attached hydrogens (tertiary/aromatic N) is 6. The Kier molecular flexibility index (Phi) is 6.38. The van der Waals surface area contributed by atoms with E-state index in [-0.39, 0.29) is 5.91 Å². The quantitative estimate of drug-likeness (QED) is 0.356. The van der Waals surface area contributed by atoms with Crippen LogP contribution in [0.3, 0.4) is 0 Å². The third-order valence-corrected chi connectivity index (χ3v) is 5.10. The van der Waals surface area contributed by atoms with Crippen LogP contribution < -0.4 is 15.4 Å². The molecule has 5 aromatic rings. The molecule has 10 nitrogen and oxygen atoms in total. The van der Waals surface area contributed by atoms with Crippen LogP contribution in [0.2, 0.25) is 0 Å². The summed E-state index contributed by atoms with van der Waals surface area (Å²) < 4.78 is 7.60. The monoisotopic (exact) mass is 478 g/mol. The minimum atomic E-state index is -0.374. The highest BCUT2D eigenvalue weighted by molar-refractivity contribution is 6.05. The van der Waals surface area contributed by atoms with Gasteiger partial charge in [-0.05, 0) is 68.5 Å². The van der Waals surface area contributed by atoms with Crippen molar-refractivity contribution in [3.8, 4) is 23.3 Å². The van der Waals surface area contributed by atoms with Gasteiger partial charge in [0.2, 0.25) is 0 Å². The predicted molar refractivity (Wildman–Crippen MR) is 137 cm³/mol. The number of carbonyl (C=O) groups is 1. The number of hydrogen-bond donors (Lipinski definition) is 2. The number of nitrogens with one attached hydrogen (secondary N) is 2. The lowest BCUT2D eigenvalue weighted by atomic mass is 10.2. The van der Waals surface area contributed by atoms with Gasteiger partial charge in [0.05, 0.1) is 12.1 Å². The van der Waals surface area contributed by atoms with E-state index in [1.807, 2.05) is 67.5 Å². The first-order valence-electron chi connectivity index (χ1n) is 11.1. The van der Waals surface area contributed by atoms with Gasteiger partial charge < -0.3 is 15.4 Å². The molecule has 178 valence electrons. The molecule has 0 unspecified atom stereocenters. The molecule has 0 radical (unpaired) electrons. The Balaban J connectivity index is 1.30. The molecule has 0 fully saturated rings. The first kappa shape index (κ1) is 22.8. The molecule has 36 heavy (non-hydrogen) atoms. The van der Waals surface area contributed by atoms with Crippen LogP contribution in [0.5, 0.6) is 11.5 Å². The maximum atomic E-state index is 12.1. The van der Waals surface area contributed by atoms with Crippen LogP contribution in [0.4, 0.5) is 17.2 Å². The van der Waals surface area contributed by atoms with E-state index in [2.05, 4.69) is 42.5 Å². The van der Waals surface area contributed by atoms with E-state index >= 15 is 0 Å².